The number of ether oxygens (including phenoxy) is 2. The van der Waals surface area contributed by atoms with E-state index in [2.05, 4.69) is 37.3 Å². The highest BCUT2D eigenvalue weighted by molar-refractivity contribution is 6.01. The Balaban J connectivity index is 1.63. The highest BCUT2D eigenvalue weighted by Crippen LogP contribution is 2.32. The van der Waals surface area contributed by atoms with Gasteiger partial charge in [-0.15, -0.1) is 0 Å². The normalized spacial score (nSPS) is 11.2. The standard InChI is InChI=1S/C28H23NO2/c1-20-7-5-8-22(15-20)19-31-27-14-13-21(17-28(27)30-2)16-24(18-29)26-12-6-10-23-9-3-4-11-25(23)26/h3-17H,19H2,1-2H3/b24-16+. The van der Waals surface area contributed by atoms with E-state index in [-0.39, 0.29) is 0 Å². The summed E-state index contributed by atoms with van der Waals surface area (Å²) in [4.78, 5) is 0. The zero-order valence-corrected chi connectivity index (χ0v) is 17.6. The van der Waals surface area contributed by atoms with E-state index in [4.69, 9.17) is 9.47 Å². The van der Waals surface area contributed by atoms with Crippen molar-refractivity contribution in [2.45, 2.75) is 13.5 Å². The molecule has 0 atom stereocenters. The van der Waals surface area contributed by atoms with E-state index in [1.54, 1.807) is 7.11 Å². The Labute approximate surface area is 182 Å². The molecule has 31 heavy (non-hydrogen) atoms. The number of nitriles is 1. The van der Waals surface area contributed by atoms with Crippen LogP contribution < -0.4 is 9.47 Å². The molecule has 3 nitrogen and oxygen atoms in total. The van der Waals surface area contributed by atoms with Crippen LogP contribution >= 0.6 is 0 Å². The summed E-state index contributed by atoms with van der Waals surface area (Å²) in [6.45, 7) is 2.53. The molecule has 0 N–H and O–H groups in total. The third-order valence-corrected chi connectivity index (χ3v) is 5.18. The molecule has 0 unspecified atom stereocenters. The largest absolute Gasteiger partial charge is 0.493 e. The Morgan fingerprint density at radius 2 is 1.71 bits per heavy atom. The smallest absolute Gasteiger partial charge is 0.161 e. The van der Waals surface area contributed by atoms with Crippen LogP contribution in [0.15, 0.2) is 84.9 Å². The van der Waals surface area contributed by atoms with Crippen LogP contribution in [0.4, 0.5) is 0 Å². The lowest BCUT2D eigenvalue weighted by Crippen LogP contribution is -1.98. The van der Waals surface area contributed by atoms with Crippen molar-refractivity contribution in [3.8, 4) is 17.6 Å². The lowest BCUT2D eigenvalue weighted by atomic mass is 9.97. The van der Waals surface area contributed by atoms with E-state index >= 15 is 0 Å². The second-order valence-electron chi connectivity index (χ2n) is 7.38. The van der Waals surface area contributed by atoms with Gasteiger partial charge in [0.25, 0.3) is 0 Å². The first-order valence-electron chi connectivity index (χ1n) is 10.1. The predicted octanol–water partition coefficient (Wildman–Crippen LogP) is 6.80. The van der Waals surface area contributed by atoms with E-state index in [0.717, 1.165) is 27.5 Å². The van der Waals surface area contributed by atoms with Crippen LogP contribution in [0.1, 0.15) is 22.3 Å². The summed E-state index contributed by atoms with van der Waals surface area (Å²) in [6.07, 6.45) is 1.88. The summed E-state index contributed by atoms with van der Waals surface area (Å²) in [5.41, 5.74) is 4.70. The molecule has 152 valence electrons. The lowest BCUT2D eigenvalue weighted by Gasteiger charge is -2.12. The Hall–Kier alpha value is -4.03. The van der Waals surface area contributed by atoms with Crippen molar-refractivity contribution >= 4 is 22.4 Å². The first-order chi connectivity index (χ1) is 15.2. The van der Waals surface area contributed by atoms with Crippen molar-refractivity contribution in [2.24, 2.45) is 0 Å². The summed E-state index contributed by atoms with van der Waals surface area (Å²) in [7, 11) is 1.62. The fraction of sp³-hybridized carbons (Fsp3) is 0.107. The zero-order chi connectivity index (χ0) is 21.6. The molecule has 4 aromatic carbocycles. The maximum atomic E-state index is 9.84. The minimum atomic E-state index is 0.465. The highest BCUT2D eigenvalue weighted by atomic mass is 16.5. The van der Waals surface area contributed by atoms with Crippen LogP contribution in [0, 0.1) is 18.3 Å². The molecule has 0 saturated heterocycles. The predicted molar refractivity (Wildman–Crippen MR) is 126 cm³/mol. The first-order valence-corrected chi connectivity index (χ1v) is 10.1. The molecule has 3 heteroatoms. The summed E-state index contributed by atoms with van der Waals surface area (Å²) in [5, 5.41) is 12.0. The van der Waals surface area contributed by atoms with Crippen LogP contribution in [0.3, 0.4) is 0 Å². The Bertz CT molecular complexity index is 1290. The molecule has 0 aliphatic carbocycles. The number of rotatable bonds is 6. The molecule has 4 aromatic rings. The molecule has 0 fully saturated rings. The van der Waals surface area contributed by atoms with Crippen LogP contribution in [0.25, 0.3) is 22.4 Å². The zero-order valence-electron chi connectivity index (χ0n) is 17.6. The molecular weight excluding hydrogens is 382 g/mol. The van der Waals surface area contributed by atoms with E-state index in [1.807, 2.05) is 66.7 Å². The average molecular weight is 405 g/mol. The molecule has 0 bridgehead atoms. The average Bonchev–Trinajstić information content (AvgIpc) is 2.81. The van der Waals surface area contributed by atoms with Gasteiger partial charge < -0.3 is 9.47 Å². The molecule has 0 aliphatic rings. The minimum Gasteiger partial charge on any atom is -0.493 e. The fourth-order valence-corrected chi connectivity index (χ4v) is 3.65. The van der Waals surface area contributed by atoms with Crippen LogP contribution in [-0.4, -0.2) is 7.11 Å². The molecule has 0 heterocycles. The molecule has 0 radical (unpaired) electrons. The first kappa shape index (κ1) is 20.3. The van der Waals surface area contributed by atoms with Crippen LogP contribution in [-0.2, 0) is 6.61 Å². The molecule has 0 aliphatic heterocycles. The number of hydrogen-bond donors (Lipinski definition) is 0. The van der Waals surface area contributed by atoms with Gasteiger partial charge in [-0.2, -0.15) is 5.26 Å². The maximum Gasteiger partial charge on any atom is 0.161 e. The van der Waals surface area contributed by atoms with Crippen LogP contribution in [0.2, 0.25) is 0 Å². The van der Waals surface area contributed by atoms with Gasteiger partial charge in [-0.25, -0.2) is 0 Å². The number of methoxy groups -OCH3 is 1. The summed E-state index contributed by atoms with van der Waals surface area (Å²) in [5.74, 6) is 1.31. The Morgan fingerprint density at radius 1 is 0.903 bits per heavy atom. The SMILES string of the molecule is COc1cc(/C=C(\C#N)c2cccc3ccccc23)ccc1OCc1cccc(C)c1. The van der Waals surface area contributed by atoms with Crippen molar-refractivity contribution in [3.05, 3.63) is 107 Å². The molecule has 0 amide bonds. The van der Waals surface area contributed by atoms with Gasteiger partial charge in [0.2, 0.25) is 0 Å². The third-order valence-electron chi connectivity index (χ3n) is 5.18. The quantitative estimate of drug-likeness (QED) is 0.262. The number of nitrogens with zero attached hydrogens (tertiary/aromatic N) is 1. The van der Waals surface area contributed by atoms with Gasteiger partial charge in [0.05, 0.1) is 18.8 Å². The number of hydrogen-bond acceptors (Lipinski definition) is 3. The third kappa shape index (κ3) is 4.60. The summed E-state index contributed by atoms with van der Waals surface area (Å²) >= 11 is 0. The topological polar surface area (TPSA) is 42.2 Å². The monoisotopic (exact) mass is 405 g/mol. The Kier molecular flexibility index (Phi) is 6.01. The second kappa shape index (κ2) is 9.19. The van der Waals surface area contributed by atoms with Gasteiger partial charge in [-0.1, -0.05) is 78.4 Å². The van der Waals surface area contributed by atoms with Crippen molar-refractivity contribution in [2.75, 3.05) is 7.11 Å². The van der Waals surface area contributed by atoms with Gasteiger partial charge in [0, 0.05) is 5.56 Å². The van der Waals surface area contributed by atoms with Crippen LogP contribution in [0.5, 0.6) is 11.5 Å². The van der Waals surface area contributed by atoms with Crippen molar-refractivity contribution < 1.29 is 9.47 Å². The van der Waals surface area contributed by atoms with Crippen molar-refractivity contribution in [1.82, 2.24) is 0 Å². The number of fused-ring (bicyclic) bond motifs is 1. The van der Waals surface area contributed by atoms with Gasteiger partial charge in [0.1, 0.15) is 6.61 Å². The molecule has 0 saturated carbocycles. The molecule has 0 spiro atoms. The highest BCUT2D eigenvalue weighted by Gasteiger charge is 2.09. The summed E-state index contributed by atoms with van der Waals surface area (Å²) in [6, 6.07) is 30.4. The van der Waals surface area contributed by atoms with Crippen molar-refractivity contribution in [1.29, 1.82) is 5.26 Å². The fourth-order valence-electron chi connectivity index (χ4n) is 3.65. The number of benzene rings is 4. The molecule has 0 aromatic heterocycles. The molecule has 4 rings (SSSR count). The van der Waals surface area contributed by atoms with E-state index in [1.165, 1.54) is 5.56 Å². The molecular formula is C28H23NO2. The van der Waals surface area contributed by atoms with Gasteiger partial charge in [0.15, 0.2) is 11.5 Å². The number of allylic oxidation sites excluding steroid dienone is 1. The van der Waals surface area contributed by atoms with Gasteiger partial charge in [-0.3, -0.25) is 0 Å². The minimum absolute atomic E-state index is 0.465. The van der Waals surface area contributed by atoms with E-state index in [9.17, 15) is 5.26 Å². The van der Waals surface area contributed by atoms with E-state index in [0.29, 0.717) is 23.7 Å². The second-order valence-corrected chi connectivity index (χ2v) is 7.38. The number of aryl methyl sites for hydroxylation is 1. The maximum absolute atomic E-state index is 9.84. The Morgan fingerprint density at radius 3 is 2.52 bits per heavy atom. The summed E-state index contributed by atoms with van der Waals surface area (Å²) < 4.78 is 11.5. The lowest BCUT2D eigenvalue weighted by molar-refractivity contribution is 0.284. The van der Waals surface area contributed by atoms with Gasteiger partial charge >= 0.3 is 0 Å². The van der Waals surface area contributed by atoms with Gasteiger partial charge in [-0.05, 0) is 47.0 Å². The van der Waals surface area contributed by atoms with E-state index < -0.39 is 0 Å². The van der Waals surface area contributed by atoms with Crippen molar-refractivity contribution in [3.63, 3.8) is 0 Å².